The Balaban J connectivity index is 1.36. The van der Waals surface area contributed by atoms with Crippen LogP contribution in [0.15, 0.2) is 53.5 Å². The van der Waals surface area contributed by atoms with Crippen molar-refractivity contribution in [3.8, 4) is 0 Å². The summed E-state index contributed by atoms with van der Waals surface area (Å²) in [6, 6.07) is 12.8. The number of pyridine rings is 1. The van der Waals surface area contributed by atoms with E-state index >= 15 is 0 Å². The van der Waals surface area contributed by atoms with Crippen molar-refractivity contribution in [2.75, 3.05) is 18.4 Å². The first kappa shape index (κ1) is 22.6. The van der Waals surface area contributed by atoms with Gasteiger partial charge >= 0.3 is 11.8 Å². The molecule has 0 unspecified atom stereocenters. The lowest BCUT2D eigenvalue weighted by Crippen LogP contribution is -2.43. The molecule has 4 rings (SSSR count). The smallest absolute Gasteiger partial charge is 0.410 e. The van der Waals surface area contributed by atoms with Crippen LogP contribution in [0.3, 0.4) is 0 Å². The van der Waals surface area contributed by atoms with Crippen LogP contribution in [0.4, 0.5) is 10.5 Å². The number of carbonyl (C=O) groups excluding carboxylic acids is 2. The number of nitrogens with zero attached hydrogens (tertiary/aromatic N) is 4. The fraction of sp³-hybridized carbons (Fsp3) is 0.417. The van der Waals surface area contributed by atoms with Crippen molar-refractivity contribution in [3.63, 3.8) is 0 Å². The number of benzene rings is 1. The average Bonchev–Trinajstić information content (AvgIpc) is 3.08. The normalized spacial score (nSPS) is 14.9. The molecule has 1 aliphatic heterocycles. The monoisotopic (exact) mass is 451 g/mol. The number of nitrogens with one attached hydrogen (secondary N) is 1. The number of ether oxygens (including phenoxy) is 1. The summed E-state index contributed by atoms with van der Waals surface area (Å²) in [5, 5.41) is 7.33. The molecule has 33 heavy (non-hydrogen) atoms. The highest BCUT2D eigenvalue weighted by atomic mass is 16.6. The van der Waals surface area contributed by atoms with Crippen molar-refractivity contribution < 1.29 is 14.3 Å². The minimum atomic E-state index is -0.537. The first-order chi connectivity index (χ1) is 15.7. The molecule has 1 N–H and O–H groups in total. The average molecular weight is 452 g/mol. The Bertz CT molecular complexity index is 1220. The van der Waals surface area contributed by atoms with Gasteiger partial charge in [-0.2, -0.15) is 0 Å². The van der Waals surface area contributed by atoms with Gasteiger partial charge < -0.3 is 15.0 Å². The molecule has 9 heteroatoms. The number of hydrogen-bond acceptors (Lipinski definition) is 5. The first-order valence-electron chi connectivity index (χ1n) is 11.1. The van der Waals surface area contributed by atoms with E-state index in [1.807, 2.05) is 51.1 Å². The SMILES string of the molecule is CC(C)(C)OC(=O)N1CCC(C(=O)Nc2cccc(Cn3nc4ccccn4c3=O)c2)CC1. The van der Waals surface area contributed by atoms with Crippen molar-refractivity contribution in [1.29, 1.82) is 0 Å². The molecule has 0 atom stereocenters. The van der Waals surface area contributed by atoms with Crippen molar-refractivity contribution in [2.24, 2.45) is 5.92 Å². The number of carbonyl (C=O) groups is 2. The second-order valence-electron chi connectivity index (χ2n) is 9.30. The topological polar surface area (TPSA) is 97.9 Å². The van der Waals surface area contributed by atoms with E-state index in [0.29, 0.717) is 43.8 Å². The lowest BCUT2D eigenvalue weighted by atomic mass is 9.96. The summed E-state index contributed by atoms with van der Waals surface area (Å²) in [5.74, 6) is -0.241. The number of rotatable bonds is 4. The quantitative estimate of drug-likeness (QED) is 0.657. The largest absolute Gasteiger partial charge is 0.444 e. The second-order valence-corrected chi connectivity index (χ2v) is 9.30. The number of anilines is 1. The Kier molecular flexibility index (Phi) is 6.22. The van der Waals surface area contributed by atoms with Crippen molar-refractivity contribution >= 4 is 23.3 Å². The van der Waals surface area contributed by atoms with E-state index in [2.05, 4.69) is 10.4 Å². The Hall–Kier alpha value is -3.62. The highest BCUT2D eigenvalue weighted by Gasteiger charge is 2.30. The van der Waals surface area contributed by atoms with Crippen LogP contribution >= 0.6 is 0 Å². The fourth-order valence-corrected chi connectivity index (χ4v) is 3.89. The number of amides is 2. The van der Waals surface area contributed by atoms with Gasteiger partial charge in [-0.15, -0.1) is 5.10 Å². The van der Waals surface area contributed by atoms with Gasteiger partial charge in [0, 0.05) is 30.9 Å². The lowest BCUT2D eigenvalue weighted by molar-refractivity contribution is -0.121. The number of likely N-dealkylation sites (tertiary alicyclic amines) is 1. The maximum Gasteiger partial charge on any atom is 0.410 e. The summed E-state index contributed by atoms with van der Waals surface area (Å²) in [6.45, 7) is 6.80. The Morgan fingerprint density at radius 3 is 2.58 bits per heavy atom. The van der Waals surface area contributed by atoms with Crippen molar-refractivity contribution in [3.05, 3.63) is 64.7 Å². The first-order valence-corrected chi connectivity index (χ1v) is 11.1. The molecule has 1 fully saturated rings. The van der Waals surface area contributed by atoms with Crippen molar-refractivity contribution in [2.45, 2.75) is 45.8 Å². The minimum absolute atomic E-state index is 0.0686. The predicted molar refractivity (Wildman–Crippen MR) is 124 cm³/mol. The molecule has 1 aliphatic rings. The standard InChI is InChI=1S/C24H29N5O4/c1-24(2,3)33-23(32)27-13-10-18(11-14-27)21(30)25-19-8-6-7-17(15-19)16-29-22(31)28-12-5-4-9-20(28)26-29/h4-9,12,15,18H,10-11,13-14,16H2,1-3H3,(H,25,30). The van der Waals surface area contributed by atoms with E-state index in [1.165, 1.54) is 9.08 Å². The summed E-state index contributed by atoms with van der Waals surface area (Å²) in [6.07, 6.45) is 2.52. The zero-order chi connectivity index (χ0) is 23.6. The fourth-order valence-electron chi connectivity index (χ4n) is 3.89. The molecule has 2 aromatic heterocycles. The molecule has 3 aromatic rings. The molecule has 0 aliphatic carbocycles. The molecule has 1 aromatic carbocycles. The molecule has 1 saturated heterocycles. The molecule has 0 bridgehead atoms. The molecule has 3 heterocycles. The van der Waals surface area contributed by atoms with Gasteiger partial charge in [-0.05, 0) is 63.4 Å². The van der Waals surface area contributed by atoms with Gasteiger partial charge in [-0.25, -0.2) is 14.3 Å². The summed E-state index contributed by atoms with van der Waals surface area (Å²) in [7, 11) is 0. The van der Waals surface area contributed by atoms with Crippen molar-refractivity contribution in [1.82, 2.24) is 19.1 Å². The lowest BCUT2D eigenvalue weighted by Gasteiger charge is -2.32. The summed E-state index contributed by atoms with van der Waals surface area (Å²) < 4.78 is 8.31. The molecule has 2 amide bonds. The van der Waals surface area contributed by atoms with E-state index in [4.69, 9.17) is 4.74 Å². The summed E-state index contributed by atoms with van der Waals surface area (Å²) >= 11 is 0. The van der Waals surface area contributed by atoms with Gasteiger partial charge in [0.25, 0.3) is 0 Å². The third-order valence-electron chi connectivity index (χ3n) is 5.53. The maximum absolute atomic E-state index is 12.8. The molecule has 0 spiro atoms. The predicted octanol–water partition coefficient (Wildman–Crippen LogP) is 3.13. The van der Waals surface area contributed by atoms with Crippen LogP contribution in [-0.2, 0) is 16.1 Å². The molecule has 0 saturated carbocycles. The number of hydrogen-bond donors (Lipinski definition) is 1. The number of piperidine rings is 1. The third-order valence-corrected chi connectivity index (χ3v) is 5.53. The highest BCUT2D eigenvalue weighted by Crippen LogP contribution is 2.22. The van der Waals surface area contributed by atoms with E-state index in [0.717, 1.165) is 5.56 Å². The Morgan fingerprint density at radius 1 is 1.12 bits per heavy atom. The summed E-state index contributed by atoms with van der Waals surface area (Å²) in [5.41, 5.74) is 1.37. The zero-order valence-corrected chi connectivity index (χ0v) is 19.2. The van der Waals surface area contributed by atoms with E-state index in [-0.39, 0.29) is 23.6 Å². The Labute approximate surface area is 192 Å². The van der Waals surface area contributed by atoms with E-state index in [1.54, 1.807) is 23.2 Å². The highest BCUT2D eigenvalue weighted by molar-refractivity contribution is 5.92. The molecular weight excluding hydrogens is 422 g/mol. The third kappa shape index (κ3) is 5.42. The molecule has 0 radical (unpaired) electrons. The van der Waals surface area contributed by atoms with Crippen LogP contribution in [0.5, 0.6) is 0 Å². The van der Waals surface area contributed by atoms with Gasteiger partial charge in [0.2, 0.25) is 5.91 Å². The van der Waals surface area contributed by atoms with Crippen LogP contribution in [-0.4, -0.2) is 49.8 Å². The van der Waals surface area contributed by atoms with Gasteiger partial charge in [0.1, 0.15) is 5.60 Å². The molecule has 9 nitrogen and oxygen atoms in total. The van der Waals surface area contributed by atoms with Gasteiger partial charge in [-0.3, -0.25) is 9.20 Å². The second kappa shape index (κ2) is 9.09. The molecular formula is C24H29N5O4. The van der Waals surface area contributed by atoms with Crippen LogP contribution in [0.1, 0.15) is 39.2 Å². The maximum atomic E-state index is 12.8. The Morgan fingerprint density at radius 2 is 1.88 bits per heavy atom. The van der Waals surface area contributed by atoms with Crippen LogP contribution in [0.2, 0.25) is 0 Å². The van der Waals surface area contributed by atoms with Crippen LogP contribution in [0, 0.1) is 5.92 Å². The van der Waals surface area contributed by atoms with Crippen LogP contribution in [0.25, 0.3) is 5.65 Å². The van der Waals surface area contributed by atoms with E-state index in [9.17, 15) is 14.4 Å². The minimum Gasteiger partial charge on any atom is -0.444 e. The zero-order valence-electron chi connectivity index (χ0n) is 19.2. The number of fused-ring (bicyclic) bond motifs is 1. The van der Waals surface area contributed by atoms with Gasteiger partial charge in [0.05, 0.1) is 6.54 Å². The summed E-state index contributed by atoms with van der Waals surface area (Å²) in [4.78, 5) is 39.2. The van der Waals surface area contributed by atoms with E-state index < -0.39 is 5.60 Å². The van der Waals surface area contributed by atoms with Gasteiger partial charge in [-0.1, -0.05) is 18.2 Å². The molecule has 174 valence electrons. The van der Waals surface area contributed by atoms with Crippen LogP contribution < -0.4 is 11.0 Å². The van der Waals surface area contributed by atoms with Gasteiger partial charge in [0.15, 0.2) is 5.65 Å². The number of aromatic nitrogens is 3.